The van der Waals surface area contributed by atoms with Crippen LogP contribution < -0.4 is 61.4 Å². The Morgan fingerprint density at radius 1 is 0.682 bits per heavy atom. The van der Waals surface area contributed by atoms with E-state index in [2.05, 4.69) is 31.3 Å². The molecule has 4 amide bonds. The number of carbonyl (C=O) groups is 4. The van der Waals surface area contributed by atoms with E-state index in [1.165, 1.54) is 0 Å². The van der Waals surface area contributed by atoms with Crippen molar-refractivity contribution < 1.29 is 19.2 Å². The molecule has 17 nitrogen and oxygen atoms in total. The van der Waals surface area contributed by atoms with Gasteiger partial charge in [0.2, 0.25) is 23.6 Å². The van der Waals surface area contributed by atoms with Crippen LogP contribution in [0, 0.1) is 5.92 Å². The molecule has 0 aromatic heterocycles. The van der Waals surface area contributed by atoms with Crippen LogP contribution in [0.25, 0.3) is 0 Å². The lowest BCUT2D eigenvalue weighted by atomic mass is 10.0. The lowest BCUT2D eigenvalue weighted by molar-refractivity contribution is -0.134. The summed E-state index contributed by atoms with van der Waals surface area (Å²) in [6.07, 6.45) is 3.01. The summed E-state index contributed by atoms with van der Waals surface area (Å²) in [7, 11) is 0. The number of guanidine groups is 2. The van der Waals surface area contributed by atoms with Gasteiger partial charge in [-0.3, -0.25) is 29.2 Å². The van der Waals surface area contributed by atoms with Gasteiger partial charge in [-0.2, -0.15) is 0 Å². The highest BCUT2D eigenvalue weighted by Gasteiger charge is 2.30. The molecule has 0 unspecified atom stereocenters. The first kappa shape index (κ1) is 40.2. The molecule has 18 heteroatoms. The molecular weight excluding hydrogens is 590 g/mol. The molecule has 0 aliphatic carbocycles. The average molecular weight is 644 g/mol. The van der Waals surface area contributed by atoms with Crippen molar-refractivity contribution in [3.8, 4) is 0 Å². The maximum Gasteiger partial charge on any atom is 0.243 e. The predicted molar refractivity (Wildman–Crippen MR) is 176 cm³/mol. The van der Waals surface area contributed by atoms with Crippen molar-refractivity contribution in [1.29, 1.82) is 0 Å². The Kier molecular flexibility index (Phi) is 20.8. The first-order valence-electron chi connectivity index (χ1n) is 14.7. The van der Waals surface area contributed by atoms with Crippen molar-refractivity contribution >= 4 is 52.8 Å². The molecule has 0 aliphatic heterocycles. The normalized spacial score (nSPS) is 13.5. The van der Waals surface area contributed by atoms with Crippen molar-refractivity contribution in [2.75, 3.05) is 26.2 Å². The highest BCUT2D eigenvalue weighted by Crippen LogP contribution is 2.09. The quantitative estimate of drug-likeness (QED) is 0.0223. The lowest BCUT2D eigenvalue weighted by Gasteiger charge is -2.26. The number of nitrogens with two attached hydrogens (primary N) is 7. The minimum atomic E-state index is -1.09. The van der Waals surface area contributed by atoms with E-state index in [-0.39, 0.29) is 55.3 Å². The van der Waals surface area contributed by atoms with E-state index in [1.54, 1.807) is 0 Å². The first-order chi connectivity index (χ1) is 20.7. The van der Waals surface area contributed by atoms with Crippen LogP contribution in [0.1, 0.15) is 65.2 Å². The molecule has 0 radical (unpaired) electrons. The van der Waals surface area contributed by atoms with Crippen molar-refractivity contribution in [1.82, 2.24) is 21.3 Å². The van der Waals surface area contributed by atoms with Crippen molar-refractivity contribution in [2.45, 2.75) is 89.4 Å². The van der Waals surface area contributed by atoms with Crippen LogP contribution in [-0.4, -0.2) is 90.9 Å². The highest BCUT2D eigenvalue weighted by atomic mass is 32.1. The molecule has 44 heavy (non-hydrogen) atoms. The van der Waals surface area contributed by atoms with Gasteiger partial charge < -0.3 is 61.4 Å². The monoisotopic (exact) mass is 643 g/mol. The Labute approximate surface area is 264 Å². The zero-order chi connectivity index (χ0) is 33.7. The van der Waals surface area contributed by atoms with E-state index in [4.69, 9.17) is 52.4 Å². The van der Waals surface area contributed by atoms with Crippen LogP contribution in [0.15, 0.2) is 9.98 Å². The number of hydrogen-bond acceptors (Lipinski definition) is 9. The van der Waals surface area contributed by atoms with Crippen LogP contribution in [0.2, 0.25) is 0 Å². The Morgan fingerprint density at radius 3 is 1.59 bits per heavy atom. The van der Waals surface area contributed by atoms with Crippen molar-refractivity contribution in [3.63, 3.8) is 0 Å². The van der Waals surface area contributed by atoms with Crippen molar-refractivity contribution in [3.05, 3.63) is 0 Å². The number of nitrogens with one attached hydrogen (secondary N) is 4. The average Bonchev–Trinajstić information content (AvgIpc) is 2.93. The van der Waals surface area contributed by atoms with Crippen LogP contribution in [0.3, 0.4) is 0 Å². The summed E-state index contributed by atoms with van der Waals surface area (Å²) < 4.78 is 0. The standard InChI is InChI=1S/C26H53N13O4S/c1-15(2)13-19(22(41)36-14-20(29)44)39-24(43)18(9-6-12-35-26(32)33)38-23(42)17(8-5-11-34-25(30)31)37-21(40)16(28)7-3-4-10-27/h15-19H,3-14,27-28H2,1-2H3,(H2,29,44)(H,36,41)(H,37,40)(H,38,42)(H,39,43)(H4,30,31,34)(H4,32,33,35)/t16-,17-,18-,19-/m0/s1. The van der Waals surface area contributed by atoms with Gasteiger partial charge in [0.25, 0.3) is 0 Å². The third kappa shape index (κ3) is 19.4. The number of rotatable bonds is 23. The second kappa shape index (κ2) is 22.7. The number of nitrogens with zero attached hydrogens (tertiary/aromatic N) is 2. The molecule has 252 valence electrons. The predicted octanol–water partition coefficient (Wildman–Crippen LogP) is -3.55. The molecule has 0 bridgehead atoms. The number of thiocarbonyl (C=S) groups is 1. The van der Waals surface area contributed by atoms with Crippen LogP contribution in [0.4, 0.5) is 0 Å². The minimum Gasteiger partial charge on any atom is -0.392 e. The third-order valence-corrected chi connectivity index (χ3v) is 6.38. The Morgan fingerprint density at radius 2 is 1.16 bits per heavy atom. The topological polar surface area (TPSA) is 323 Å². The summed E-state index contributed by atoms with van der Waals surface area (Å²) in [5, 5.41) is 10.7. The molecule has 0 aromatic rings. The van der Waals surface area contributed by atoms with Crippen LogP contribution >= 0.6 is 12.2 Å². The summed E-state index contributed by atoms with van der Waals surface area (Å²) >= 11 is 4.83. The summed E-state index contributed by atoms with van der Waals surface area (Å²) in [5.41, 5.74) is 38.6. The zero-order valence-corrected chi connectivity index (χ0v) is 26.7. The fraction of sp³-hybridized carbons (Fsp3) is 0.731. The van der Waals surface area contributed by atoms with Gasteiger partial charge in [0.15, 0.2) is 11.9 Å². The third-order valence-electron chi connectivity index (χ3n) is 6.24. The fourth-order valence-corrected chi connectivity index (χ4v) is 4.08. The number of hydrogen-bond donors (Lipinski definition) is 11. The number of aliphatic imine (C=N–C) groups is 2. The lowest BCUT2D eigenvalue weighted by Crippen LogP contribution is -2.58. The highest BCUT2D eigenvalue weighted by molar-refractivity contribution is 7.80. The summed E-state index contributed by atoms with van der Waals surface area (Å²) in [6.45, 7) is 4.63. The van der Waals surface area contributed by atoms with Gasteiger partial charge in [0, 0.05) is 13.1 Å². The molecule has 18 N–H and O–H groups in total. The molecule has 0 aliphatic rings. The Balaban J connectivity index is 5.93. The minimum absolute atomic E-state index is 0.0348. The molecule has 4 atom stereocenters. The molecule has 0 rings (SSSR count). The van der Waals surface area contributed by atoms with Crippen molar-refractivity contribution in [2.24, 2.45) is 56.0 Å². The first-order valence-corrected chi connectivity index (χ1v) is 15.1. The van der Waals surface area contributed by atoms with Crippen LogP contribution in [-0.2, 0) is 19.2 Å². The second-order valence-corrected chi connectivity index (χ2v) is 11.3. The molecule has 0 fully saturated rings. The van der Waals surface area contributed by atoms with E-state index in [0.717, 1.165) is 0 Å². The number of carbonyl (C=O) groups excluding carboxylic acids is 4. The van der Waals surface area contributed by atoms with E-state index in [0.29, 0.717) is 45.1 Å². The molecular formula is C26H53N13O4S. The Bertz CT molecular complexity index is 985. The maximum absolute atomic E-state index is 13.5. The van der Waals surface area contributed by atoms with Gasteiger partial charge >= 0.3 is 0 Å². The fourth-order valence-electron chi connectivity index (χ4n) is 4.01. The van der Waals surface area contributed by atoms with Crippen LogP contribution in [0.5, 0.6) is 0 Å². The van der Waals surface area contributed by atoms with Gasteiger partial charge in [-0.05, 0) is 57.4 Å². The second-order valence-electron chi connectivity index (χ2n) is 10.8. The zero-order valence-electron chi connectivity index (χ0n) is 25.8. The number of amides is 4. The van der Waals surface area contributed by atoms with Gasteiger partial charge in [0.05, 0.1) is 17.6 Å². The summed E-state index contributed by atoms with van der Waals surface area (Å²) in [6, 6.07) is -3.92. The summed E-state index contributed by atoms with van der Waals surface area (Å²) in [4.78, 5) is 60.5. The largest absolute Gasteiger partial charge is 0.392 e. The van der Waals surface area contributed by atoms with E-state index in [9.17, 15) is 19.2 Å². The van der Waals surface area contributed by atoms with E-state index < -0.39 is 47.8 Å². The van der Waals surface area contributed by atoms with Gasteiger partial charge in [0.1, 0.15) is 18.1 Å². The molecule has 0 saturated carbocycles. The summed E-state index contributed by atoms with van der Waals surface area (Å²) in [5.74, 6) is -2.41. The van der Waals surface area contributed by atoms with E-state index >= 15 is 0 Å². The molecule has 0 spiro atoms. The number of unbranched alkanes of at least 4 members (excludes halogenated alkanes) is 1. The van der Waals surface area contributed by atoms with Gasteiger partial charge in [-0.1, -0.05) is 32.5 Å². The smallest absolute Gasteiger partial charge is 0.243 e. The molecule has 0 aromatic carbocycles. The van der Waals surface area contributed by atoms with Gasteiger partial charge in [-0.25, -0.2) is 0 Å². The van der Waals surface area contributed by atoms with E-state index in [1.807, 2.05) is 13.8 Å². The maximum atomic E-state index is 13.5. The SMILES string of the molecule is CC(C)C[C@H](NC(=O)[C@H](CCCN=C(N)N)NC(=O)[C@H](CCCN=C(N)N)NC(=O)[C@@H](N)CCCCN)C(=O)NCC(N)=S. The van der Waals surface area contributed by atoms with Gasteiger partial charge in [-0.15, -0.1) is 0 Å². The Hall–Kier alpha value is -3.77. The molecule has 0 saturated heterocycles. The molecule has 0 heterocycles.